The molecule has 3 aliphatic rings. The molecule has 0 unspecified atom stereocenters. The van der Waals surface area contributed by atoms with E-state index >= 15 is 0 Å². The number of para-hydroxylation sites is 1. The van der Waals surface area contributed by atoms with Crippen molar-refractivity contribution < 1.29 is 4.79 Å². The Labute approximate surface area is 123 Å². The van der Waals surface area contributed by atoms with Gasteiger partial charge in [-0.1, -0.05) is 42.5 Å². The molecule has 2 aliphatic heterocycles. The summed E-state index contributed by atoms with van der Waals surface area (Å²) in [5.41, 5.74) is 5.47. The largest absolute Gasteiger partial charge is 0.293 e. The second-order valence-electron chi connectivity index (χ2n) is 6.07. The van der Waals surface area contributed by atoms with Crippen molar-refractivity contribution in [2.24, 2.45) is 0 Å². The number of hydrogen-bond donors (Lipinski definition) is 0. The number of benzene rings is 2. The van der Waals surface area contributed by atoms with E-state index in [0.717, 1.165) is 30.5 Å². The lowest BCUT2D eigenvalue weighted by molar-refractivity contribution is 0.0984. The third kappa shape index (κ3) is 1.14. The molecular formula is C19H15NO. The van der Waals surface area contributed by atoms with E-state index in [1.54, 1.807) is 0 Å². The lowest BCUT2D eigenvalue weighted by Crippen LogP contribution is -2.41. The second-order valence-corrected chi connectivity index (χ2v) is 6.07. The monoisotopic (exact) mass is 273 g/mol. The minimum atomic E-state index is -0.240. The van der Waals surface area contributed by atoms with Crippen LogP contribution in [0.4, 0.5) is 5.69 Å². The molecule has 1 atom stereocenters. The topological polar surface area (TPSA) is 20.3 Å². The number of carbonyl (C=O) groups is 1. The van der Waals surface area contributed by atoms with Crippen molar-refractivity contribution in [3.8, 4) is 0 Å². The lowest BCUT2D eigenvalue weighted by Gasteiger charge is -2.37. The van der Waals surface area contributed by atoms with Crippen LogP contribution in [0.15, 0.2) is 54.6 Å². The van der Waals surface area contributed by atoms with Gasteiger partial charge in [0.15, 0.2) is 0 Å². The summed E-state index contributed by atoms with van der Waals surface area (Å²) in [5, 5.41) is 0. The Hall–Kier alpha value is -2.35. The van der Waals surface area contributed by atoms with Gasteiger partial charge in [-0.15, -0.1) is 0 Å². The molecule has 2 nitrogen and oxygen atoms in total. The Bertz CT molecular complexity index is 820. The Morgan fingerprint density at radius 3 is 2.62 bits per heavy atom. The highest BCUT2D eigenvalue weighted by atomic mass is 16.2. The first-order valence-electron chi connectivity index (χ1n) is 7.58. The maximum atomic E-state index is 13.0. The quantitative estimate of drug-likeness (QED) is 0.707. The Morgan fingerprint density at radius 1 is 0.952 bits per heavy atom. The van der Waals surface area contributed by atoms with E-state index in [1.807, 2.05) is 18.2 Å². The maximum absolute atomic E-state index is 13.0. The minimum absolute atomic E-state index is 0.156. The summed E-state index contributed by atoms with van der Waals surface area (Å²) in [6.45, 7) is 0. The molecule has 1 amide bonds. The number of carbonyl (C=O) groups excluding carboxylic acids is 1. The number of amides is 1. The van der Waals surface area contributed by atoms with E-state index in [2.05, 4.69) is 41.3 Å². The van der Waals surface area contributed by atoms with Gasteiger partial charge in [0.25, 0.3) is 5.91 Å². The molecule has 102 valence electrons. The van der Waals surface area contributed by atoms with Crippen LogP contribution in [-0.2, 0) is 5.54 Å². The summed E-state index contributed by atoms with van der Waals surface area (Å²) in [6, 6.07) is 16.5. The van der Waals surface area contributed by atoms with Crippen LogP contribution < -0.4 is 4.90 Å². The van der Waals surface area contributed by atoms with Crippen molar-refractivity contribution in [1.82, 2.24) is 0 Å². The first-order chi connectivity index (χ1) is 10.3. The third-order valence-corrected chi connectivity index (χ3v) is 5.16. The number of anilines is 1. The molecule has 0 bridgehead atoms. The fourth-order valence-electron chi connectivity index (χ4n) is 4.41. The smallest absolute Gasteiger partial charge is 0.259 e. The third-order valence-electron chi connectivity index (χ3n) is 5.16. The fraction of sp³-hybridized carbons (Fsp3) is 0.211. The van der Waals surface area contributed by atoms with E-state index in [9.17, 15) is 4.79 Å². The lowest BCUT2D eigenvalue weighted by atomic mass is 9.75. The molecule has 0 saturated heterocycles. The van der Waals surface area contributed by atoms with E-state index in [-0.39, 0.29) is 11.4 Å². The van der Waals surface area contributed by atoms with Gasteiger partial charge in [-0.3, -0.25) is 9.69 Å². The molecule has 2 aromatic carbocycles. The normalized spacial score (nSPS) is 25.0. The van der Waals surface area contributed by atoms with E-state index in [1.165, 1.54) is 16.7 Å². The summed E-state index contributed by atoms with van der Waals surface area (Å²) in [5.74, 6) is 0.156. The first-order valence-corrected chi connectivity index (χ1v) is 7.58. The zero-order valence-electron chi connectivity index (χ0n) is 11.7. The van der Waals surface area contributed by atoms with Gasteiger partial charge in [0.2, 0.25) is 0 Å². The molecule has 2 aromatic rings. The molecule has 1 spiro atoms. The van der Waals surface area contributed by atoms with E-state index in [0.29, 0.717) is 0 Å². The molecule has 2 heteroatoms. The standard InChI is InChI=1S/C19H15NO/c21-18-14-8-1-3-9-16(14)19-12-6-5-10-15(19)13-7-2-4-11-17(13)20(18)19/h1-4,7-11H,5-6,12H2/t19-/m0/s1. The van der Waals surface area contributed by atoms with E-state index < -0.39 is 0 Å². The molecule has 0 radical (unpaired) electrons. The Balaban J connectivity index is 1.91. The van der Waals surface area contributed by atoms with Crippen molar-refractivity contribution in [2.75, 3.05) is 4.90 Å². The number of rotatable bonds is 0. The Morgan fingerprint density at radius 2 is 1.71 bits per heavy atom. The van der Waals surface area contributed by atoms with Gasteiger partial charge in [-0.25, -0.2) is 0 Å². The summed E-state index contributed by atoms with van der Waals surface area (Å²) >= 11 is 0. The van der Waals surface area contributed by atoms with Crippen molar-refractivity contribution in [1.29, 1.82) is 0 Å². The maximum Gasteiger partial charge on any atom is 0.259 e. The van der Waals surface area contributed by atoms with Crippen LogP contribution in [0.2, 0.25) is 0 Å². The summed E-state index contributed by atoms with van der Waals surface area (Å²) < 4.78 is 0. The average molecular weight is 273 g/mol. The molecule has 0 N–H and O–H groups in total. The van der Waals surface area contributed by atoms with Crippen molar-refractivity contribution in [3.05, 3.63) is 71.3 Å². The number of hydrogen-bond acceptors (Lipinski definition) is 1. The average Bonchev–Trinajstić information content (AvgIpc) is 2.97. The molecular weight excluding hydrogens is 258 g/mol. The summed E-state index contributed by atoms with van der Waals surface area (Å²) in [6.07, 6.45) is 5.61. The van der Waals surface area contributed by atoms with Gasteiger partial charge in [0.1, 0.15) is 0 Å². The number of nitrogens with zero attached hydrogens (tertiary/aromatic N) is 1. The first kappa shape index (κ1) is 11.3. The molecule has 0 aromatic heterocycles. The van der Waals surface area contributed by atoms with Crippen LogP contribution in [0.5, 0.6) is 0 Å². The SMILES string of the molecule is O=C1c2ccccc2[C@]23CCCC=C2c2ccccc2N13. The highest BCUT2D eigenvalue weighted by Gasteiger charge is 2.57. The predicted octanol–water partition coefficient (Wildman–Crippen LogP) is 4.12. The zero-order valence-corrected chi connectivity index (χ0v) is 11.7. The molecule has 5 rings (SSSR count). The van der Waals surface area contributed by atoms with Crippen molar-refractivity contribution in [2.45, 2.75) is 24.8 Å². The summed E-state index contributed by atoms with van der Waals surface area (Å²) in [4.78, 5) is 15.0. The zero-order chi connectivity index (χ0) is 14.0. The van der Waals surface area contributed by atoms with Gasteiger partial charge >= 0.3 is 0 Å². The van der Waals surface area contributed by atoms with Crippen LogP contribution in [-0.4, -0.2) is 5.91 Å². The predicted molar refractivity (Wildman–Crippen MR) is 83.2 cm³/mol. The van der Waals surface area contributed by atoms with Crippen LogP contribution in [0.25, 0.3) is 5.57 Å². The fourth-order valence-corrected chi connectivity index (χ4v) is 4.41. The minimum Gasteiger partial charge on any atom is -0.293 e. The number of allylic oxidation sites excluding steroid dienone is 1. The molecule has 21 heavy (non-hydrogen) atoms. The van der Waals surface area contributed by atoms with Gasteiger partial charge < -0.3 is 0 Å². The van der Waals surface area contributed by atoms with Gasteiger partial charge in [0, 0.05) is 11.1 Å². The second kappa shape index (κ2) is 3.64. The van der Waals surface area contributed by atoms with Crippen LogP contribution in [0, 0.1) is 0 Å². The summed E-state index contributed by atoms with van der Waals surface area (Å²) in [7, 11) is 0. The van der Waals surface area contributed by atoms with Crippen LogP contribution in [0.1, 0.15) is 40.7 Å². The van der Waals surface area contributed by atoms with Crippen molar-refractivity contribution in [3.63, 3.8) is 0 Å². The van der Waals surface area contributed by atoms with Gasteiger partial charge in [-0.2, -0.15) is 0 Å². The molecule has 1 aliphatic carbocycles. The highest BCUT2D eigenvalue weighted by molar-refractivity contribution is 6.19. The molecule has 2 heterocycles. The Kier molecular flexibility index (Phi) is 1.96. The van der Waals surface area contributed by atoms with Crippen LogP contribution in [0.3, 0.4) is 0 Å². The van der Waals surface area contributed by atoms with Crippen LogP contribution >= 0.6 is 0 Å². The number of fused-ring (bicyclic) bond motifs is 4. The van der Waals surface area contributed by atoms with Crippen molar-refractivity contribution >= 4 is 17.2 Å². The molecule has 0 saturated carbocycles. The van der Waals surface area contributed by atoms with Gasteiger partial charge in [0.05, 0.1) is 11.2 Å². The molecule has 0 fully saturated rings. The van der Waals surface area contributed by atoms with E-state index in [4.69, 9.17) is 0 Å². The van der Waals surface area contributed by atoms with Gasteiger partial charge in [-0.05, 0) is 42.5 Å². The highest BCUT2D eigenvalue weighted by Crippen LogP contribution is 2.60.